The van der Waals surface area contributed by atoms with E-state index in [1.807, 2.05) is 6.92 Å². The van der Waals surface area contributed by atoms with Crippen molar-refractivity contribution in [2.24, 2.45) is 0 Å². The average Bonchev–Trinajstić information content (AvgIpc) is 2.47. The Morgan fingerprint density at radius 1 is 1.32 bits per heavy atom. The van der Waals surface area contributed by atoms with Gasteiger partial charge in [0.2, 0.25) is 0 Å². The van der Waals surface area contributed by atoms with Crippen LogP contribution >= 0.6 is 0 Å². The van der Waals surface area contributed by atoms with Gasteiger partial charge >= 0.3 is 12.1 Å². The van der Waals surface area contributed by atoms with Crippen LogP contribution in [-0.2, 0) is 19.9 Å². The molecule has 0 spiro atoms. The Bertz CT molecular complexity index is 499. The first-order valence-electron chi connectivity index (χ1n) is 6.84. The number of benzene rings is 1. The first-order chi connectivity index (χ1) is 10.3. The van der Waals surface area contributed by atoms with Crippen molar-refractivity contribution < 1.29 is 27.4 Å². The van der Waals surface area contributed by atoms with Crippen LogP contribution < -0.4 is 0 Å². The monoisotopic (exact) mass is 316 g/mol. The van der Waals surface area contributed by atoms with Gasteiger partial charge in [0, 0.05) is 12.7 Å². The fraction of sp³-hybridized carbons (Fsp3) is 0.438. The van der Waals surface area contributed by atoms with Crippen molar-refractivity contribution in [3.05, 3.63) is 48.6 Å². The van der Waals surface area contributed by atoms with E-state index in [0.29, 0.717) is 12.8 Å². The minimum atomic E-state index is -4.96. The van der Waals surface area contributed by atoms with E-state index in [-0.39, 0.29) is 5.56 Å². The lowest BCUT2D eigenvalue weighted by molar-refractivity contribution is -0.277. The Morgan fingerprint density at radius 2 is 1.91 bits per heavy atom. The summed E-state index contributed by atoms with van der Waals surface area (Å²) in [5.41, 5.74) is -3.47. The lowest BCUT2D eigenvalue weighted by Crippen LogP contribution is -2.52. The van der Waals surface area contributed by atoms with Crippen molar-refractivity contribution in [2.45, 2.75) is 37.6 Å². The first-order valence-corrected chi connectivity index (χ1v) is 6.84. The van der Waals surface area contributed by atoms with E-state index >= 15 is 0 Å². The third-order valence-corrected chi connectivity index (χ3v) is 3.27. The van der Waals surface area contributed by atoms with Crippen molar-refractivity contribution >= 4 is 5.97 Å². The Hall–Kier alpha value is -1.82. The fourth-order valence-electron chi connectivity index (χ4n) is 2.12. The van der Waals surface area contributed by atoms with Gasteiger partial charge < -0.3 is 9.47 Å². The molecule has 1 unspecified atom stereocenters. The second-order valence-electron chi connectivity index (χ2n) is 4.72. The third kappa shape index (κ3) is 3.50. The molecule has 0 aromatic heterocycles. The van der Waals surface area contributed by atoms with E-state index in [0.717, 1.165) is 7.11 Å². The molecule has 0 saturated carbocycles. The largest absolute Gasteiger partial charge is 0.455 e. The van der Waals surface area contributed by atoms with Crippen molar-refractivity contribution in [1.82, 2.24) is 0 Å². The summed E-state index contributed by atoms with van der Waals surface area (Å²) in [7, 11) is 0.838. The highest BCUT2D eigenvalue weighted by atomic mass is 19.4. The maximum atomic E-state index is 13.6. The zero-order chi connectivity index (χ0) is 16.8. The van der Waals surface area contributed by atoms with Crippen LogP contribution in [-0.4, -0.2) is 25.4 Å². The molecule has 0 saturated heterocycles. The third-order valence-electron chi connectivity index (χ3n) is 3.27. The topological polar surface area (TPSA) is 35.5 Å². The average molecular weight is 316 g/mol. The number of alkyl halides is 3. The molecule has 6 heteroatoms. The number of methoxy groups -OCH3 is 1. The van der Waals surface area contributed by atoms with E-state index in [9.17, 15) is 18.0 Å². The van der Waals surface area contributed by atoms with Gasteiger partial charge in [-0.15, -0.1) is 0 Å². The van der Waals surface area contributed by atoms with E-state index < -0.39 is 23.9 Å². The highest BCUT2D eigenvalue weighted by molar-refractivity contribution is 5.83. The standard InChI is InChI=1S/C16H19F3O3/c1-4-9-13(5-2)22-14(20)15(21-3,16(17,18)19)12-10-7-6-8-11-12/h5-8,10-11,13H,2,4,9H2,1,3H3/t13?,15-/m1/s1. The van der Waals surface area contributed by atoms with Gasteiger partial charge in [-0.05, 0) is 6.42 Å². The Balaban J connectivity index is 3.27. The molecule has 122 valence electrons. The number of rotatable bonds is 7. The van der Waals surface area contributed by atoms with Crippen LogP contribution in [0.2, 0.25) is 0 Å². The number of hydrogen-bond acceptors (Lipinski definition) is 3. The van der Waals surface area contributed by atoms with Gasteiger partial charge in [0.15, 0.2) is 0 Å². The summed E-state index contributed by atoms with van der Waals surface area (Å²) in [5, 5.41) is 0. The molecule has 0 N–H and O–H groups in total. The number of carbonyl (C=O) groups excluding carboxylic acids is 1. The van der Waals surface area contributed by atoms with Crippen molar-refractivity contribution in [2.75, 3.05) is 7.11 Å². The van der Waals surface area contributed by atoms with Crippen LogP contribution in [0.4, 0.5) is 13.2 Å². The summed E-state index contributed by atoms with van der Waals surface area (Å²) in [6.07, 6.45) is -3.41. The summed E-state index contributed by atoms with van der Waals surface area (Å²) >= 11 is 0. The quantitative estimate of drug-likeness (QED) is 0.563. The summed E-state index contributed by atoms with van der Waals surface area (Å²) in [6, 6.07) is 6.72. The number of ether oxygens (including phenoxy) is 2. The minimum Gasteiger partial charge on any atom is -0.455 e. The first kappa shape index (κ1) is 18.2. The van der Waals surface area contributed by atoms with Crippen LogP contribution in [0.25, 0.3) is 0 Å². The molecule has 1 aromatic rings. The maximum Gasteiger partial charge on any atom is 0.432 e. The lowest BCUT2D eigenvalue weighted by Gasteiger charge is -2.33. The molecule has 0 aliphatic rings. The van der Waals surface area contributed by atoms with Crippen LogP contribution in [0.5, 0.6) is 0 Å². The molecule has 1 rings (SSSR count). The molecule has 0 fully saturated rings. The van der Waals surface area contributed by atoms with E-state index in [1.165, 1.54) is 30.3 Å². The number of carbonyl (C=O) groups is 1. The van der Waals surface area contributed by atoms with Gasteiger partial charge in [-0.2, -0.15) is 13.2 Å². The van der Waals surface area contributed by atoms with Gasteiger partial charge in [-0.3, -0.25) is 0 Å². The Labute approximate surface area is 127 Å². The van der Waals surface area contributed by atoms with Gasteiger partial charge in [0.05, 0.1) is 0 Å². The summed E-state index contributed by atoms with van der Waals surface area (Å²) in [4.78, 5) is 12.3. The molecule has 0 aliphatic carbocycles. The fourth-order valence-corrected chi connectivity index (χ4v) is 2.12. The molecule has 0 amide bonds. The van der Waals surface area contributed by atoms with Crippen LogP contribution in [0, 0.1) is 0 Å². The van der Waals surface area contributed by atoms with Crippen molar-refractivity contribution in [3.8, 4) is 0 Å². The number of hydrogen-bond donors (Lipinski definition) is 0. The second-order valence-corrected chi connectivity index (χ2v) is 4.72. The molecule has 1 aromatic carbocycles. The predicted molar refractivity (Wildman–Crippen MR) is 76.2 cm³/mol. The molecule has 22 heavy (non-hydrogen) atoms. The van der Waals surface area contributed by atoms with Gasteiger partial charge in [0.25, 0.3) is 5.60 Å². The summed E-state index contributed by atoms with van der Waals surface area (Å²) in [6.45, 7) is 5.30. The molecule has 0 bridgehead atoms. The zero-order valence-electron chi connectivity index (χ0n) is 12.5. The normalized spacial score (nSPS) is 15.7. The van der Waals surface area contributed by atoms with Crippen LogP contribution in [0.1, 0.15) is 25.3 Å². The predicted octanol–water partition coefficient (Wildman–Crippen LogP) is 3.99. The molecular weight excluding hydrogens is 297 g/mol. The van der Waals surface area contributed by atoms with Crippen LogP contribution in [0.15, 0.2) is 43.0 Å². The van der Waals surface area contributed by atoms with Crippen molar-refractivity contribution in [1.29, 1.82) is 0 Å². The highest BCUT2D eigenvalue weighted by Gasteiger charge is 2.64. The molecule has 2 atom stereocenters. The van der Waals surface area contributed by atoms with Gasteiger partial charge in [-0.1, -0.05) is 56.3 Å². The second kappa shape index (κ2) is 7.45. The van der Waals surface area contributed by atoms with Gasteiger partial charge in [-0.25, -0.2) is 4.79 Å². The van der Waals surface area contributed by atoms with Crippen molar-refractivity contribution in [3.63, 3.8) is 0 Å². The number of esters is 1. The summed E-state index contributed by atoms with van der Waals surface area (Å²) in [5.74, 6) is -1.49. The van der Waals surface area contributed by atoms with Gasteiger partial charge in [0.1, 0.15) is 6.10 Å². The van der Waals surface area contributed by atoms with Crippen LogP contribution in [0.3, 0.4) is 0 Å². The summed E-state index contributed by atoms with van der Waals surface area (Å²) < 4.78 is 50.4. The molecule has 3 nitrogen and oxygen atoms in total. The molecule has 0 heterocycles. The zero-order valence-corrected chi connectivity index (χ0v) is 12.5. The maximum absolute atomic E-state index is 13.6. The lowest BCUT2D eigenvalue weighted by atomic mass is 9.92. The molecule has 0 radical (unpaired) electrons. The highest BCUT2D eigenvalue weighted by Crippen LogP contribution is 2.43. The van der Waals surface area contributed by atoms with E-state index in [4.69, 9.17) is 4.74 Å². The SMILES string of the molecule is C=CC(CCC)OC(=O)[C@](OC)(c1ccccc1)C(F)(F)F. The Kier molecular flexibility index (Phi) is 6.17. The molecular formula is C16H19F3O3. The smallest absolute Gasteiger partial charge is 0.432 e. The van der Waals surface area contributed by atoms with E-state index in [1.54, 1.807) is 6.07 Å². The Morgan fingerprint density at radius 3 is 2.32 bits per heavy atom. The molecule has 0 aliphatic heterocycles. The van der Waals surface area contributed by atoms with E-state index in [2.05, 4.69) is 11.3 Å². The minimum absolute atomic E-state index is 0.325. The number of halogens is 3.